The van der Waals surface area contributed by atoms with E-state index in [0.29, 0.717) is 23.3 Å². The van der Waals surface area contributed by atoms with Crippen LogP contribution in [0.3, 0.4) is 0 Å². The minimum absolute atomic E-state index is 0.540. The predicted octanol–water partition coefficient (Wildman–Crippen LogP) is 6.70. The van der Waals surface area contributed by atoms with Gasteiger partial charge in [-0.1, -0.05) is 24.3 Å². The molecule has 0 amide bonds. The fraction of sp³-hybridized carbons (Fsp3) is 0.250. The van der Waals surface area contributed by atoms with Crippen molar-refractivity contribution in [3.63, 3.8) is 0 Å². The first-order valence-corrected chi connectivity index (χ1v) is 11.4. The summed E-state index contributed by atoms with van der Waals surface area (Å²) in [5.41, 5.74) is 4.72. The average molecular weight is 478 g/mol. The normalized spacial score (nSPS) is 11.8. The molecule has 7 heteroatoms. The maximum atomic E-state index is 13.1. The number of alkyl halides is 3. The molecule has 0 saturated carbocycles. The van der Waals surface area contributed by atoms with Crippen LogP contribution in [0.15, 0.2) is 71.3 Å². The second-order valence-corrected chi connectivity index (χ2v) is 8.61. The van der Waals surface area contributed by atoms with Gasteiger partial charge in [-0.2, -0.15) is 18.4 Å². The molecule has 1 aromatic heterocycles. The molecule has 0 atom stereocenters. The summed E-state index contributed by atoms with van der Waals surface area (Å²) >= 11 is 0. The summed E-state index contributed by atoms with van der Waals surface area (Å²) in [5, 5.41) is 13.3. The molecule has 35 heavy (non-hydrogen) atoms. The Morgan fingerprint density at radius 3 is 2.20 bits per heavy atom. The summed E-state index contributed by atoms with van der Waals surface area (Å²) in [5.74, 6) is 0. The third-order valence-electron chi connectivity index (χ3n) is 6.05. The van der Waals surface area contributed by atoms with Crippen molar-refractivity contribution in [1.82, 2.24) is 10.2 Å². The first-order valence-electron chi connectivity index (χ1n) is 11.4. The monoisotopic (exact) mass is 477 g/mol. The lowest BCUT2D eigenvalue weighted by molar-refractivity contribution is -0.137. The number of nitriles is 1. The molecule has 4 nitrogen and oxygen atoms in total. The predicted molar refractivity (Wildman–Crippen MR) is 132 cm³/mol. The van der Waals surface area contributed by atoms with E-state index in [9.17, 15) is 18.4 Å². The molecule has 0 spiro atoms. The van der Waals surface area contributed by atoms with Crippen LogP contribution in [0, 0.1) is 11.3 Å². The zero-order chi connectivity index (χ0) is 25.0. The molecule has 0 radical (unpaired) electrons. The zero-order valence-electron chi connectivity index (χ0n) is 19.6. The summed E-state index contributed by atoms with van der Waals surface area (Å²) in [6.07, 6.45) is -1.62. The number of nitrogens with one attached hydrogen (secondary N) is 1. The van der Waals surface area contributed by atoms with Crippen molar-refractivity contribution < 1.29 is 17.6 Å². The van der Waals surface area contributed by atoms with Crippen LogP contribution in [0.5, 0.6) is 0 Å². The topological polar surface area (TPSA) is 52.2 Å². The molecule has 180 valence electrons. The van der Waals surface area contributed by atoms with E-state index in [2.05, 4.69) is 23.3 Å². The SMILES string of the molecule is CNCCCN(C)Cc1coc2cc(-c3ccc(C(F)(F)F)cc3)c(-c3ccc(C#N)cc3)cc12. The second-order valence-electron chi connectivity index (χ2n) is 8.61. The zero-order valence-corrected chi connectivity index (χ0v) is 19.6. The highest BCUT2D eigenvalue weighted by molar-refractivity contribution is 5.95. The number of hydrogen-bond donors (Lipinski definition) is 1. The minimum Gasteiger partial charge on any atom is -0.464 e. The van der Waals surface area contributed by atoms with Crippen molar-refractivity contribution in [2.45, 2.75) is 19.1 Å². The van der Waals surface area contributed by atoms with Crippen molar-refractivity contribution in [3.05, 3.63) is 83.6 Å². The van der Waals surface area contributed by atoms with Gasteiger partial charge in [0.15, 0.2) is 0 Å². The van der Waals surface area contributed by atoms with Crippen molar-refractivity contribution in [1.29, 1.82) is 5.26 Å². The van der Waals surface area contributed by atoms with E-state index in [1.807, 2.05) is 31.3 Å². The Hall–Kier alpha value is -3.60. The molecule has 4 rings (SSSR count). The maximum Gasteiger partial charge on any atom is 0.416 e. The Labute approximate surface area is 202 Å². The lowest BCUT2D eigenvalue weighted by Crippen LogP contribution is -2.22. The minimum atomic E-state index is -4.40. The fourth-order valence-corrected chi connectivity index (χ4v) is 4.19. The molecule has 0 saturated heterocycles. The van der Waals surface area contributed by atoms with E-state index < -0.39 is 11.7 Å². The molecular formula is C28H26F3N3O. The summed E-state index contributed by atoms with van der Waals surface area (Å²) in [6, 6.07) is 18.4. The van der Waals surface area contributed by atoms with Crippen molar-refractivity contribution in [2.75, 3.05) is 27.2 Å². The average Bonchev–Trinajstić information content (AvgIpc) is 3.24. The number of benzene rings is 3. The van der Waals surface area contributed by atoms with Gasteiger partial charge in [0.1, 0.15) is 5.58 Å². The molecule has 3 aromatic carbocycles. The molecule has 1 N–H and O–H groups in total. The van der Waals surface area contributed by atoms with Crippen LogP contribution in [-0.2, 0) is 12.7 Å². The number of nitrogens with zero attached hydrogens (tertiary/aromatic N) is 2. The number of hydrogen-bond acceptors (Lipinski definition) is 4. The van der Waals surface area contributed by atoms with Crippen LogP contribution in [0.4, 0.5) is 13.2 Å². The maximum absolute atomic E-state index is 13.1. The molecule has 1 heterocycles. The lowest BCUT2D eigenvalue weighted by atomic mass is 9.91. The van der Waals surface area contributed by atoms with Crippen LogP contribution in [-0.4, -0.2) is 32.1 Å². The van der Waals surface area contributed by atoms with Gasteiger partial charge in [0, 0.05) is 17.5 Å². The van der Waals surface area contributed by atoms with Crippen molar-refractivity contribution in [2.24, 2.45) is 0 Å². The van der Waals surface area contributed by atoms with Crippen molar-refractivity contribution >= 4 is 11.0 Å². The molecule has 0 unspecified atom stereocenters. The van der Waals surface area contributed by atoms with Gasteiger partial charge in [0.25, 0.3) is 0 Å². The third kappa shape index (κ3) is 5.56. The number of rotatable bonds is 8. The lowest BCUT2D eigenvalue weighted by Gasteiger charge is -2.16. The molecule has 4 aromatic rings. The largest absolute Gasteiger partial charge is 0.464 e. The van der Waals surface area contributed by atoms with E-state index in [0.717, 1.165) is 59.3 Å². The molecule has 0 aliphatic carbocycles. The van der Waals surface area contributed by atoms with Crippen LogP contribution in [0.2, 0.25) is 0 Å². The molecular weight excluding hydrogens is 451 g/mol. The fourth-order valence-electron chi connectivity index (χ4n) is 4.19. The van der Waals surface area contributed by atoms with Gasteiger partial charge < -0.3 is 14.6 Å². The Morgan fingerprint density at radius 2 is 1.60 bits per heavy atom. The van der Waals surface area contributed by atoms with Gasteiger partial charge in [-0.05, 0) is 92.3 Å². The quantitative estimate of drug-likeness (QED) is 0.287. The molecule has 0 aliphatic rings. The summed E-state index contributed by atoms with van der Waals surface area (Å²) in [6.45, 7) is 2.58. The van der Waals surface area contributed by atoms with Crippen LogP contribution < -0.4 is 5.32 Å². The highest BCUT2D eigenvalue weighted by Gasteiger charge is 2.30. The Morgan fingerprint density at radius 1 is 0.971 bits per heavy atom. The smallest absolute Gasteiger partial charge is 0.416 e. The van der Waals surface area contributed by atoms with E-state index in [1.54, 1.807) is 18.4 Å². The first-order chi connectivity index (χ1) is 16.8. The molecule has 0 bridgehead atoms. The highest BCUT2D eigenvalue weighted by Crippen LogP contribution is 2.39. The molecule has 0 aliphatic heterocycles. The van der Waals surface area contributed by atoms with E-state index in [-0.39, 0.29) is 0 Å². The second kappa shape index (κ2) is 10.3. The summed E-state index contributed by atoms with van der Waals surface area (Å²) in [7, 11) is 4.00. The van der Waals surface area contributed by atoms with Gasteiger partial charge in [-0.3, -0.25) is 0 Å². The van der Waals surface area contributed by atoms with Gasteiger partial charge in [-0.25, -0.2) is 0 Å². The first kappa shape index (κ1) is 24.5. The summed E-state index contributed by atoms with van der Waals surface area (Å²) < 4.78 is 45.2. The Balaban J connectivity index is 1.78. The van der Waals surface area contributed by atoms with Gasteiger partial charge >= 0.3 is 6.18 Å². The Bertz CT molecular complexity index is 1330. The van der Waals surface area contributed by atoms with Crippen LogP contribution in [0.25, 0.3) is 33.2 Å². The van der Waals surface area contributed by atoms with Crippen LogP contribution >= 0.6 is 0 Å². The number of furan rings is 1. The third-order valence-corrected chi connectivity index (χ3v) is 6.05. The van der Waals surface area contributed by atoms with Gasteiger partial charge in [0.05, 0.1) is 23.5 Å². The highest BCUT2D eigenvalue weighted by atomic mass is 19.4. The summed E-state index contributed by atoms with van der Waals surface area (Å²) in [4.78, 5) is 2.23. The van der Waals surface area contributed by atoms with E-state index >= 15 is 0 Å². The van der Waals surface area contributed by atoms with Gasteiger partial charge in [0.2, 0.25) is 0 Å². The van der Waals surface area contributed by atoms with Gasteiger partial charge in [-0.15, -0.1) is 0 Å². The molecule has 0 fully saturated rings. The van der Waals surface area contributed by atoms with E-state index in [1.165, 1.54) is 12.1 Å². The standard InChI is InChI=1S/C28H26F3N3O/c1-33-12-3-13-34(2)17-22-18-35-27-15-25(21-8-10-23(11-9-21)28(29,30)31)24(14-26(22)27)20-6-4-19(16-32)5-7-20/h4-11,14-15,18,33H,3,12-13,17H2,1-2H3. The Kier molecular flexibility index (Phi) is 7.25. The van der Waals surface area contributed by atoms with Crippen molar-refractivity contribution in [3.8, 4) is 28.3 Å². The van der Waals surface area contributed by atoms with E-state index in [4.69, 9.17) is 4.42 Å². The number of fused-ring (bicyclic) bond motifs is 1. The number of halogens is 3. The van der Waals surface area contributed by atoms with Crippen LogP contribution in [0.1, 0.15) is 23.1 Å².